The second-order valence-corrected chi connectivity index (χ2v) is 9.29. The molecule has 144 valence electrons. The number of hydrogen-bond donors (Lipinski definition) is 1. The van der Waals surface area contributed by atoms with Crippen LogP contribution in [-0.2, 0) is 22.9 Å². The van der Waals surface area contributed by atoms with Crippen molar-refractivity contribution in [2.24, 2.45) is 0 Å². The molecule has 0 saturated carbocycles. The number of sulfone groups is 1. The Morgan fingerprint density at radius 2 is 1.85 bits per heavy atom. The van der Waals surface area contributed by atoms with Crippen LogP contribution in [0.4, 0.5) is 0 Å². The highest BCUT2D eigenvalue weighted by molar-refractivity contribution is 7.91. The van der Waals surface area contributed by atoms with Gasteiger partial charge in [-0.1, -0.05) is 42.5 Å². The highest BCUT2D eigenvalue weighted by atomic mass is 32.2. The van der Waals surface area contributed by atoms with E-state index in [2.05, 4.69) is 5.32 Å². The van der Waals surface area contributed by atoms with Crippen LogP contribution in [0.1, 0.15) is 17.5 Å². The zero-order chi connectivity index (χ0) is 19.3. The predicted octanol–water partition coefficient (Wildman–Crippen LogP) is 2.76. The first-order chi connectivity index (χ1) is 13.0. The molecule has 7 heteroatoms. The molecule has 1 aliphatic heterocycles. The summed E-state index contributed by atoms with van der Waals surface area (Å²) >= 11 is 5.63. The zero-order valence-corrected chi connectivity index (χ0v) is 16.9. The Hall–Kier alpha value is -2.12. The van der Waals surface area contributed by atoms with Crippen molar-refractivity contribution in [3.8, 4) is 5.75 Å². The smallest absolute Gasteiger partial charge is 0.169 e. The summed E-state index contributed by atoms with van der Waals surface area (Å²) in [7, 11) is -1.36. The molecule has 0 spiro atoms. The highest BCUT2D eigenvalue weighted by Gasteiger charge is 2.33. The van der Waals surface area contributed by atoms with Crippen LogP contribution < -0.4 is 10.1 Å². The van der Waals surface area contributed by atoms with E-state index in [0.717, 1.165) is 16.9 Å². The van der Waals surface area contributed by atoms with Crippen molar-refractivity contribution in [2.75, 3.05) is 18.6 Å². The van der Waals surface area contributed by atoms with Crippen LogP contribution >= 0.6 is 12.2 Å². The molecule has 1 atom stereocenters. The fourth-order valence-corrected chi connectivity index (χ4v) is 5.21. The number of benzene rings is 2. The van der Waals surface area contributed by atoms with Gasteiger partial charge in [0, 0.05) is 19.1 Å². The Morgan fingerprint density at radius 3 is 2.44 bits per heavy atom. The number of ether oxygens (including phenoxy) is 1. The molecule has 27 heavy (non-hydrogen) atoms. The van der Waals surface area contributed by atoms with Gasteiger partial charge < -0.3 is 15.0 Å². The van der Waals surface area contributed by atoms with E-state index < -0.39 is 9.84 Å². The first-order valence-electron chi connectivity index (χ1n) is 8.88. The van der Waals surface area contributed by atoms with Crippen LogP contribution in [0, 0.1) is 0 Å². The van der Waals surface area contributed by atoms with E-state index in [4.69, 9.17) is 17.0 Å². The maximum Gasteiger partial charge on any atom is 0.169 e. The Balaban J connectivity index is 1.73. The molecule has 2 aromatic carbocycles. The molecule has 0 aliphatic carbocycles. The van der Waals surface area contributed by atoms with E-state index in [1.807, 2.05) is 59.5 Å². The summed E-state index contributed by atoms with van der Waals surface area (Å²) in [4.78, 5) is 2.00. The van der Waals surface area contributed by atoms with Crippen LogP contribution in [0.25, 0.3) is 0 Å². The number of methoxy groups -OCH3 is 1. The minimum atomic E-state index is -2.99. The SMILES string of the molecule is COc1ccc(CN(C(=S)NCc2ccccc2)[C@H]2CCS(=O)(=O)C2)cc1. The van der Waals surface area contributed by atoms with Crippen molar-refractivity contribution < 1.29 is 13.2 Å². The molecule has 1 aliphatic rings. The average molecular weight is 405 g/mol. The lowest BCUT2D eigenvalue weighted by Crippen LogP contribution is -2.45. The minimum Gasteiger partial charge on any atom is -0.497 e. The van der Waals surface area contributed by atoms with Crippen molar-refractivity contribution >= 4 is 27.2 Å². The van der Waals surface area contributed by atoms with Crippen LogP contribution in [0.5, 0.6) is 5.75 Å². The van der Waals surface area contributed by atoms with Gasteiger partial charge in [0.2, 0.25) is 0 Å². The molecule has 0 amide bonds. The van der Waals surface area contributed by atoms with E-state index in [-0.39, 0.29) is 17.5 Å². The molecule has 1 N–H and O–H groups in total. The van der Waals surface area contributed by atoms with Crippen molar-refractivity contribution in [2.45, 2.75) is 25.6 Å². The maximum atomic E-state index is 12.0. The van der Waals surface area contributed by atoms with E-state index >= 15 is 0 Å². The topological polar surface area (TPSA) is 58.6 Å². The van der Waals surface area contributed by atoms with Gasteiger partial charge in [0.15, 0.2) is 14.9 Å². The second kappa shape index (κ2) is 8.71. The van der Waals surface area contributed by atoms with Crippen LogP contribution in [0.3, 0.4) is 0 Å². The molecular formula is C20H24N2O3S2. The van der Waals surface area contributed by atoms with Gasteiger partial charge in [0.1, 0.15) is 5.75 Å². The number of nitrogens with zero attached hydrogens (tertiary/aromatic N) is 1. The summed E-state index contributed by atoms with van der Waals surface area (Å²) in [5.41, 5.74) is 2.19. The van der Waals surface area contributed by atoms with Gasteiger partial charge in [-0.15, -0.1) is 0 Å². The molecule has 2 aromatic rings. The lowest BCUT2D eigenvalue weighted by atomic mass is 10.1. The standard InChI is InChI=1S/C20H24N2O3S2/c1-25-19-9-7-17(8-10-19)14-22(18-11-12-27(23,24)15-18)20(26)21-13-16-5-3-2-4-6-16/h2-10,18H,11-15H2,1H3,(H,21,26)/t18-/m0/s1. The lowest BCUT2D eigenvalue weighted by molar-refractivity contribution is 0.322. The zero-order valence-electron chi connectivity index (χ0n) is 15.3. The van der Waals surface area contributed by atoms with Crippen LogP contribution in [-0.4, -0.2) is 43.1 Å². The number of hydrogen-bond acceptors (Lipinski definition) is 4. The molecule has 1 heterocycles. The third-order valence-corrected chi connectivity index (χ3v) is 6.84. The summed E-state index contributed by atoms with van der Waals surface area (Å²) in [5.74, 6) is 1.16. The van der Waals surface area contributed by atoms with Crippen molar-refractivity contribution in [1.82, 2.24) is 10.2 Å². The van der Waals surface area contributed by atoms with Gasteiger partial charge in [-0.05, 0) is 41.9 Å². The van der Waals surface area contributed by atoms with Gasteiger partial charge in [0.05, 0.1) is 18.6 Å². The first kappa shape index (κ1) is 19.6. The summed E-state index contributed by atoms with van der Waals surface area (Å²) < 4.78 is 29.2. The van der Waals surface area contributed by atoms with Crippen molar-refractivity contribution in [3.05, 3.63) is 65.7 Å². The molecule has 0 aromatic heterocycles. The van der Waals surface area contributed by atoms with Gasteiger partial charge in [-0.25, -0.2) is 8.42 Å². The summed E-state index contributed by atoms with van der Waals surface area (Å²) in [6.45, 7) is 1.17. The monoisotopic (exact) mass is 404 g/mol. The Kier molecular flexibility index (Phi) is 6.34. The molecule has 1 saturated heterocycles. The normalized spacial score (nSPS) is 18.0. The number of nitrogens with one attached hydrogen (secondary N) is 1. The largest absolute Gasteiger partial charge is 0.497 e. The predicted molar refractivity (Wildman–Crippen MR) is 111 cm³/mol. The Bertz CT molecular complexity index is 868. The van der Waals surface area contributed by atoms with Crippen LogP contribution in [0.2, 0.25) is 0 Å². The number of rotatable bonds is 6. The third-order valence-electron chi connectivity index (χ3n) is 4.71. The van der Waals surface area contributed by atoms with Gasteiger partial charge in [-0.3, -0.25) is 0 Å². The summed E-state index contributed by atoms with van der Waals surface area (Å²) in [5, 5.41) is 3.86. The van der Waals surface area contributed by atoms with Gasteiger partial charge >= 0.3 is 0 Å². The maximum absolute atomic E-state index is 12.0. The van der Waals surface area contributed by atoms with Gasteiger partial charge in [0.25, 0.3) is 0 Å². The van der Waals surface area contributed by atoms with E-state index in [1.54, 1.807) is 7.11 Å². The molecule has 1 fully saturated rings. The quantitative estimate of drug-likeness (QED) is 0.747. The lowest BCUT2D eigenvalue weighted by Gasteiger charge is -2.31. The van der Waals surface area contributed by atoms with Crippen molar-refractivity contribution in [1.29, 1.82) is 0 Å². The summed E-state index contributed by atoms with van der Waals surface area (Å²) in [6, 6.07) is 17.7. The fourth-order valence-electron chi connectivity index (χ4n) is 3.19. The van der Waals surface area contributed by atoms with E-state index in [9.17, 15) is 8.42 Å². The molecule has 3 rings (SSSR count). The minimum absolute atomic E-state index is 0.104. The molecular weight excluding hydrogens is 380 g/mol. The summed E-state index contributed by atoms with van der Waals surface area (Å²) in [6.07, 6.45) is 0.603. The van der Waals surface area contributed by atoms with Crippen LogP contribution in [0.15, 0.2) is 54.6 Å². The molecule has 0 radical (unpaired) electrons. The van der Waals surface area contributed by atoms with E-state index in [0.29, 0.717) is 24.6 Å². The van der Waals surface area contributed by atoms with Gasteiger partial charge in [-0.2, -0.15) is 0 Å². The number of thiocarbonyl (C=S) groups is 1. The second-order valence-electron chi connectivity index (χ2n) is 6.68. The molecule has 0 bridgehead atoms. The molecule has 5 nitrogen and oxygen atoms in total. The Labute approximate surface area is 166 Å². The fraction of sp³-hybridized carbons (Fsp3) is 0.350. The first-order valence-corrected chi connectivity index (χ1v) is 11.1. The average Bonchev–Trinajstić information content (AvgIpc) is 3.05. The highest BCUT2D eigenvalue weighted by Crippen LogP contribution is 2.21. The Morgan fingerprint density at radius 1 is 1.15 bits per heavy atom. The third kappa shape index (κ3) is 5.43. The van der Waals surface area contributed by atoms with Crippen molar-refractivity contribution in [3.63, 3.8) is 0 Å². The van der Waals surface area contributed by atoms with E-state index in [1.165, 1.54) is 0 Å². The molecule has 0 unspecified atom stereocenters.